The minimum Gasteiger partial charge on any atom is -0.397 e. The smallest absolute Gasteiger partial charge is 0.263 e. The highest BCUT2D eigenvalue weighted by molar-refractivity contribution is 9.10. The highest BCUT2D eigenvalue weighted by atomic mass is 79.9. The number of hydrogen-bond donors (Lipinski definition) is 2. The summed E-state index contributed by atoms with van der Waals surface area (Å²) in [6, 6.07) is 5.81. The number of nitrogen functional groups attached to an aromatic ring is 1. The summed E-state index contributed by atoms with van der Waals surface area (Å²) in [5, 5.41) is 3.71. The van der Waals surface area contributed by atoms with E-state index in [0.717, 1.165) is 14.6 Å². The topological polar surface area (TPSA) is 73.6 Å². The fraction of sp³-hybridized carbons (Fsp3) is 0.357. The number of anilines is 1. The molecule has 1 heterocycles. The van der Waals surface area contributed by atoms with Crippen LogP contribution < -0.4 is 11.1 Å². The molecule has 2 aromatic rings. The van der Waals surface area contributed by atoms with Crippen LogP contribution in [0.1, 0.15) is 9.67 Å². The second-order valence-electron chi connectivity index (χ2n) is 4.35. The Balaban J connectivity index is 1.95. The van der Waals surface area contributed by atoms with Crippen LogP contribution in [0.25, 0.3) is 10.1 Å². The van der Waals surface area contributed by atoms with Crippen molar-refractivity contribution in [2.24, 2.45) is 0 Å². The molecule has 0 aliphatic carbocycles. The average molecular weight is 373 g/mol. The average Bonchev–Trinajstić information content (AvgIpc) is 2.79. The standard InChI is InChI=1S/C14H17BrN2O3S/c1-19-6-7-20-5-4-17-14(18)13-12(16)10-8-9(15)2-3-11(10)21-13/h2-3,8H,4-7,16H2,1H3,(H,17,18). The van der Waals surface area contributed by atoms with Crippen molar-refractivity contribution in [3.05, 3.63) is 27.5 Å². The molecule has 1 aromatic carbocycles. The van der Waals surface area contributed by atoms with E-state index >= 15 is 0 Å². The van der Waals surface area contributed by atoms with E-state index in [0.29, 0.717) is 36.9 Å². The number of amides is 1. The lowest BCUT2D eigenvalue weighted by Crippen LogP contribution is -2.27. The van der Waals surface area contributed by atoms with Gasteiger partial charge >= 0.3 is 0 Å². The SMILES string of the molecule is COCCOCCNC(=O)c1sc2ccc(Br)cc2c1N. The molecule has 21 heavy (non-hydrogen) atoms. The third-order valence-corrected chi connectivity index (χ3v) is 4.54. The molecule has 3 N–H and O–H groups in total. The van der Waals surface area contributed by atoms with Gasteiger partial charge in [0.05, 0.1) is 25.5 Å². The predicted molar refractivity (Wildman–Crippen MR) is 89.0 cm³/mol. The summed E-state index contributed by atoms with van der Waals surface area (Å²) in [6.45, 7) is 1.96. The van der Waals surface area contributed by atoms with Gasteiger partial charge in [-0.2, -0.15) is 0 Å². The Labute approximate surface area is 135 Å². The molecule has 114 valence electrons. The zero-order chi connectivity index (χ0) is 15.2. The number of carbonyl (C=O) groups is 1. The van der Waals surface area contributed by atoms with Crippen LogP contribution in [-0.2, 0) is 9.47 Å². The zero-order valence-corrected chi connectivity index (χ0v) is 14.1. The molecular weight excluding hydrogens is 356 g/mol. The van der Waals surface area contributed by atoms with Gasteiger partial charge in [-0.25, -0.2) is 0 Å². The molecule has 1 aromatic heterocycles. The number of benzene rings is 1. The van der Waals surface area contributed by atoms with Crippen LogP contribution in [0.5, 0.6) is 0 Å². The number of ether oxygens (including phenoxy) is 2. The van der Waals surface area contributed by atoms with Crippen LogP contribution >= 0.6 is 27.3 Å². The number of hydrogen-bond acceptors (Lipinski definition) is 5. The molecule has 0 aliphatic rings. The summed E-state index contributed by atoms with van der Waals surface area (Å²) in [4.78, 5) is 12.7. The molecule has 0 aliphatic heterocycles. The maximum absolute atomic E-state index is 12.1. The van der Waals surface area contributed by atoms with Gasteiger partial charge in [0.25, 0.3) is 5.91 Å². The number of methoxy groups -OCH3 is 1. The van der Waals surface area contributed by atoms with Crippen LogP contribution in [0.4, 0.5) is 5.69 Å². The maximum Gasteiger partial charge on any atom is 0.263 e. The van der Waals surface area contributed by atoms with E-state index in [1.807, 2.05) is 18.2 Å². The van der Waals surface area contributed by atoms with E-state index in [-0.39, 0.29) is 5.91 Å². The van der Waals surface area contributed by atoms with Crippen molar-refractivity contribution in [3.63, 3.8) is 0 Å². The highest BCUT2D eigenvalue weighted by Crippen LogP contribution is 2.35. The second-order valence-corrected chi connectivity index (χ2v) is 6.31. The molecule has 2 rings (SSSR count). The van der Waals surface area contributed by atoms with Crippen molar-refractivity contribution < 1.29 is 14.3 Å². The molecule has 7 heteroatoms. The van der Waals surface area contributed by atoms with Gasteiger partial charge in [-0.15, -0.1) is 11.3 Å². The lowest BCUT2D eigenvalue weighted by atomic mass is 10.2. The van der Waals surface area contributed by atoms with Crippen molar-refractivity contribution in [2.45, 2.75) is 0 Å². The Morgan fingerprint density at radius 2 is 2.19 bits per heavy atom. The molecule has 0 saturated carbocycles. The van der Waals surface area contributed by atoms with E-state index in [1.165, 1.54) is 11.3 Å². The molecule has 0 fully saturated rings. The number of carbonyl (C=O) groups excluding carboxylic acids is 1. The van der Waals surface area contributed by atoms with Gasteiger partial charge in [-0.3, -0.25) is 4.79 Å². The molecule has 0 saturated heterocycles. The van der Waals surface area contributed by atoms with Gasteiger partial charge in [-0.05, 0) is 18.2 Å². The predicted octanol–water partition coefficient (Wildman–Crippen LogP) is 2.64. The fourth-order valence-electron chi connectivity index (χ4n) is 1.82. The Kier molecular flexibility index (Phi) is 5.98. The first-order chi connectivity index (χ1) is 10.1. The van der Waals surface area contributed by atoms with Gasteiger partial charge in [0.1, 0.15) is 4.88 Å². The highest BCUT2D eigenvalue weighted by Gasteiger charge is 2.16. The van der Waals surface area contributed by atoms with Crippen molar-refractivity contribution >= 4 is 48.9 Å². The third kappa shape index (κ3) is 4.16. The minimum atomic E-state index is -0.167. The fourth-order valence-corrected chi connectivity index (χ4v) is 3.20. The molecule has 5 nitrogen and oxygen atoms in total. The van der Waals surface area contributed by atoms with Gasteiger partial charge < -0.3 is 20.5 Å². The van der Waals surface area contributed by atoms with Crippen LogP contribution in [-0.4, -0.2) is 39.4 Å². The van der Waals surface area contributed by atoms with Gasteiger partial charge in [0, 0.05) is 28.2 Å². The first kappa shape index (κ1) is 16.2. The molecule has 0 spiro atoms. The summed E-state index contributed by atoms with van der Waals surface area (Å²) in [6.07, 6.45) is 0. The van der Waals surface area contributed by atoms with E-state index in [4.69, 9.17) is 15.2 Å². The molecule has 1 amide bonds. The Bertz CT molecular complexity index is 630. The Morgan fingerprint density at radius 1 is 1.38 bits per heavy atom. The van der Waals surface area contributed by atoms with Gasteiger partial charge in [0.2, 0.25) is 0 Å². The van der Waals surface area contributed by atoms with Crippen molar-refractivity contribution in [1.82, 2.24) is 5.32 Å². The summed E-state index contributed by atoms with van der Waals surface area (Å²) in [5.41, 5.74) is 6.58. The van der Waals surface area contributed by atoms with E-state index < -0.39 is 0 Å². The summed E-state index contributed by atoms with van der Waals surface area (Å²) in [5.74, 6) is -0.167. The minimum absolute atomic E-state index is 0.167. The third-order valence-electron chi connectivity index (χ3n) is 2.86. The molecule has 0 unspecified atom stereocenters. The summed E-state index contributed by atoms with van der Waals surface area (Å²) in [7, 11) is 1.62. The largest absolute Gasteiger partial charge is 0.397 e. The van der Waals surface area contributed by atoms with Crippen LogP contribution in [0.15, 0.2) is 22.7 Å². The first-order valence-electron chi connectivity index (χ1n) is 6.46. The molecular formula is C14H17BrN2O3S. The zero-order valence-electron chi connectivity index (χ0n) is 11.6. The van der Waals surface area contributed by atoms with E-state index in [2.05, 4.69) is 21.2 Å². The maximum atomic E-state index is 12.1. The Hall–Kier alpha value is -1.15. The Morgan fingerprint density at radius 3 is 2.95 bits per heavy atom. The van der Waals surface area contributed by atoms with Crippen molar-refractivity contribution in [2.75, 3.05) is 39.2 Å². The molecule has 0 radical (unpaired) electrons. The van der Waals surface area contributed by atoms with Crippen LogP contribution in [0, 0.1) is 0 Å². The van der Waals surface area contributed by atoms with Crippen molar-refractivity contribution in [1.29, 1.82) is 0 Å². The summed E-state index contributed by atoms with van der Waals surface area (Å²) >= 11 is 4.80. The number of halogens is 1. The second kappa shape index (κ2) is 7.74. The molecule has 0 atom stereocenters. The monoisotopic (exact) mass is 372 g/mol. The van der Waals surface area contributed by atoms with E-state index in [9.17, 15) is 4.79 Å². The van der Waals surface area contributed by atoms with Gasteiger partial charge in [0.15, 0.2) is 0 Å². The quantitative estimate of drug-likeness (QED) is 0.732. The number of nitrogens with two attached hydrogens (primary N) is 1. The van der Waals surface area contributed by atoms with Crippen LogP contribution in [0.2, 0.25) is 0 Å². The van der Waals surface area contributed by atoms with Gasteiger partial charge in [-0.1, -0.05) is 15.9 Å². The summed E-state index contributed by atoms with van der Waals surface area (Å²) < 4.78 is 12.1. The number of rotatable bonds is 7. The first-order valence-corrected chi connectivity index (χ1v) is 8.07. The number of thiophene rings is 1. The number of nitrogens with one attached hydrogen (secondary N) is 1. The lowest BCUT2D eigenvalue weighted by Gasteiger charge is -2.05. The lowest BCUT2D eigenvalue weighted by molar-refractivity contribution is 0.0693. The van der Waals surface area contributed by atoms with Crippen LogP contribution in [0.3, 0.4) is 0 Å². The van der Waals surface area contributed by atoms with Crippen molar-refractivity contribution in [3.8, 4) is 0 Å². The number of fused-ring (bicyclic) bond motifs is 1. The molecule has 0 bridgehead atoms. The normalized spacial score (nSPS) is 11.0. The van der Waals surface area contributed by atoms with E-state index in [1.54, 1.807) is 7.11 Å².